The fraction of sp³-hybridized carbons (Fsp3) is 0.500. The zero-order chi connectivity index (χ0) is 19.1. The van der Waals surface area contributed by atoms with Crippen LogP contribution >= 0.6 is 0 Å². The Morgan fingerprint density at radius 3 is 2.77 bits per heavy atom. The smallest absolute Gasteiger partial charge is 0.274 e. The molecule has 3 rings (SSSR count). The average Bonchev–Trinajstić information content (AvgIpc) is 3.17. The summed E-state index contributed by atoms with van der Waals surface area (Å²) in [6.07, 6.45) is 2.57. The molecule has 0 saturated carbocycles. The molecular weight excluding hydrogens is 331 g/mol. The second kappa shape index (κ2) is 6.83. The third-order valence-electron chi connectivity index (χ3n) is 5.03. The van der Waals surface area contributed by atoms with Gasteiger partial charge in [-0.3, -0.25) is 4.79 Å². The van der Waals surface area contributed by atoms with Gasteiger partial charge in [-0.25, -0.2) is 9.07 Å². The third kappa shape index (κ3) is 3.38. The largest absolute Gasteiger partial charge is 0.340 e. The van der Waals surface area contributed by atoms with E-state index in [2.05, 4.69) is 5.10 Å². The fourth-order valence-electron chi connectivity index (χ4n) is 3.55. The first-order chi connectivity index (χ1) is 12.2. The lowest BCUT2D eigenvalue weighted by atomic mass is 9.93. The van der Waals surface area contributed by atoms with Crippen LogP contribution in [0.4, 0.5) is 4.39 Å². The molecule has 140 valence electrons. The first-order valence-corrected chi connectivity index (χ1v) is 9.06. The summed E-state index contributed by atoms with van der Waals surface area (Å²) < 4.78 is 16.1. The van der Waals surface area contributed by atoms with Crippen LogP contribution in [-0.2, 0) is 12.8 Å². The predicted molar refractivity (Wildman–Crippen MR) is 100 cm³/mol. The van der Waals surface area contributed by atoms with Crippen molar-refractivity contribution >= 4 is 5.91 Å². The third-order valence-corrected chi connectivity index (χ3v) is 5.03. The lowest BCUT2D eigenvalue weighted by Gasteiger charge is -2.28. The maximum atomic E-state index is 14.5. The molecule has 5 nitrogen and oxygen atoms in total. The van der Waals surface area contributed by atoms with Crippen molar-refractivity contribution in [3.8, 4) is 5.69 Å². The molecule has 0 spiro atoms. The van der Waals surface area contributed by atoms with Gasteiger partial charge in [0.2, 0.25) is 0 Å². The molecule has 0 saturated heterocycles. The molecule has 1 aliphatic carbocycles. The van der Waals surface area contributed by atoms with Crippen LogP contribution in [0.1, 0.15) is 47.6 Å². The molecule has 1 aromatic carbocycles. The molecule has 0 unspecified atom stereocenters. The van der Waals surface area contributed by atoms with E-state index >= 15 is 0 Å². The summed E-state index contributed by atoms with van der Waals surface area (Å²) in [6.45, 7) is 6.95. The number of aromatic nitrogens is 2. The number of aryl methyl sites for hydroxylation is 1. The molecule has 6 heteroatoms. The first-order valence-electron chi connectivity index (χ1n) is 9.06. The van der Waals surface area contributed by atoms with Crippen LogP contribution in [0.25, 0.3) is 5.69 Å². The zero-order valence-corrected chi connectivity index (χ0v) is 16.0. The van der Waals surface area contributed by atoms with E-state index in [1.54, 1.807) is 22.7 Å². The van der Waals surface area contributed by atoms with Gasteiger partial charge in [-0.2, -0.15) is 5.10 Å². The van der Waals surface area contributed by atoms with Crippen molar-refractivity contribution in [2.75, 3.05) is 20.1 Å². The Morgan fingerprint density at radius 2 is 2.12 bits per heavy atom. The highest BCUT2D eigenvalue weighted by Crippen LogP contribution is 2.30. The highest BCUT2D eigenvalue weighted by molar-refractivity contribution is 5.94. The number of amides is 1. The van der Waals surface area contributed by atoms with Gasteiger partial charge in [-0.05, 0) is 55.8 Å². The van der Waals surface area contributed by atoms with Gasteiger partial charge in [0.1, 0.15) is 11.5 Å². The molecule has 0 bridgehead atoms. The topological polar surface area (TPSA) is 64.2 Å². The number of rotatable bonds is 5. The molecule has 1 aromatic heterocycles. The van der Waals surface area contributed by atoms with Crippen molar-refractivity contribution in [2.45, 2.75) is 40.0 Å². The van der Waals surface area contributed by atoms with Crippen LogP contribution in [0.15, 0.2) is 18.2 Å². The minimum Gasteiger partial charge on any atom is -0.340 e. The number of benzene rings is 1. The monoisotopic (exact) mass is 358 g/mol. The van der Waals surface area contributed by atoms with Gasteiger partial charge in [-0.15, -0.1) is 0 Å². The van der Waals surface area contributed by atoms with E-state index in [1.807, 2.05) is 26.8 Å². The minimum absolute atomic E-state index is 0.129. The molecule has 2 aromatic rings. The molecule has 0 aliphatic heterocycles. The molecular formula is C20H27FN4O. The zero-order valence-electron chi connectivity index (χ0n) is 16.0. The predicted octanol–water partition coefficient (Wildman–Crippen LogP) is 2.87. The second-order valence-corrected chi connectivity index (χ2v) is 8.02. The number of hydrogen-bond acceptors (Lipinski definition) is 3. The average molecular weight is 358 g/mol. The van der Waals surface area contributed by atoms with E-state index in [0.29, 0.717) is 24.5 Å². The van der Waals surface area contributed by atoms with Crippen molar-refractivity contribution in [3.63, 3.8) is 0 Å². The van der Waals surface area contributed by atoms with Gasteiger partial charge >= 0.3 is 0 Å². The Morgan fingerprint density at radius 1 is 1.38 bits per heavy atom. The summed E-state index contributed by atoms with van der Waals surface area (Å²) >= 11 is 0. The van der Waals surface area contributed by atoms with Crippen molar-refractivity contribution in [3.05, 3.63) is 46.5 Å². The minimum atomic E-state index is -0.321. The van der Waals surface area contributed by atoms with E-state index in [0.717, 1.165) is 36.1 Å². The van der Waals surface area contributed by atoms with Crippen molar-refractivity contribution in [2.24, 2.45) is 11.1 Å². The number of nitrogens with two attached hydrogens (primary N) is 1. The van der Waals surface area contributed by atoms with E-state index in [4.69, 9.17) is 5.73 Å². The Hall–Kier alpha value is -2.21. The number of hydrogen-bond donors (Lipinski definition) is 1. The quantitative estimate of drug-likeness (QED) is 0.894. The molecule has 1 aliphatic rings. The summed E-state index contributed by atoms with van der Waals surface area (Å²) in [4.78, 5) is 14.7. The Bertz CT molecular complexity index is 841. The molecule has 2 N–H and O–H groups in total. The van der Waals surface area contributed by atoms with Crippen LogP contribution in [0.5, 0.6) is 0 Å². The van der Waals surface area contributed by atoms with Crippen molar-refractivity contribution < 1.29 is 9.18 Å². The summed E-state index contributed by atoms with van der Waals surface area (Å²) in [5, 5.41) is 4.52. The second-order valence-electron chi connectivity index (χ2n) is 8.02. The van der Waals surface area contributed by atoms with E-state index in [9.17, 15) is 9.18 Å². The standard InChI is InChI=1S/C20H27FN4O/c1-13-8-9-17(15(21)10-13)25-16-7-5-6-14(16)18(23-25)19(26)24(4)12-20(2,3)11-22/h8-10H,5-7,11-12,22H2,1-4H3. The molecule has 0 atom stereocenters. The van der Waals surface area contributed by atoms with Gasteiger partial charge in [0.15, 0.2) is 5.69 Å². The maximum Gasteiger partial charge on any atom is 0.274 e. The maximum absolute atomic E-state index is 14.5. The van der Waals surface area contributed by atoms with Gasteiger partial charge in [0.05, 0.1) is 0 Å². The molecule has 1 heterocycles. The first kappa shape index (κ1) is 18.6. The number of carbonyl (C=O) groups excluding carboxylic acids is 1. The molecule has 1 amide bonds. The van der Waals surface area contributed by atoms with Crippen LogP contribution < -0.4 is 5.73 Å². The lowest BCUT2D eigenvalue weighted by molar-refractivity contribution is 0.0733. The molecule has 26 heavy (non-hydrogen) atoms. The van der Waals surface area contributed by atoms with Gasteiger partial charge in [0, 0.05) is 24.8 Å². The van der Waals surface area contributed by atoms with E-state index in [-0.39, 0.29) is 17.1 Å². The van der Waals surface area contributed by atoms with Crippen molar-refractivity contribution in [1.29, 1.82) is 0 Å². The summed E-state index contributed by atoms with van der Waals surface area (Å²) in [7, 11) is 1.77. The van der Waals surface area contributed by atoms with E-state index < -0.39 is 0 Å². The lowest BCUT2D eigenvalue weighted by Crippen LogP contribution is -2.40. The van der Waals surface area contributed by atoms with Gasteiger partial charge in [-0.1, -0.05) is 19.9 Å². The number of nitrogens with zero attached hydrogens (tertiary/aromatic N) is 3. The number of carbonyl (C=O) groups is 1. The van der Waals surface area contributed by atoms with Crippen LogP contribution in [-0.4, -0.2) is 40.7 Å². The number of halogens is 1. The SMILES string of the molecule is Cc1ccc(-n2nc(C(=O)N(C)CC(C)(C)CN)c3c2CCC3)c(F)c1. The van der Waals surface area contributed by atoms with Crippen molar-refractivity contribution in [1.82, 2.24) is 14.7 Å². The van der Waals surface area contributed by atoms with Crippen LogP contribution in [0, 0.1) is 18.2 Å². The molecule has 0 radical (unpaired) electrons. The highest BCUT2D eigenvalue weighted by Gasteiger charge is 2.30. The molecule has 0 fully saturated rings. The van der Waals surface area contributed by atoms with Gasteiger partial charge < -0.3 is 10.6 Å². The highest BCUT2D eigenvalue weighted by atomic mass is 19.1. The summed E-state index contributed by atoms with van der Waals surface area (Å²) in [5.74, 6) is -0.449. The van der Waals surface area contributed by atoms with Crippen LogP contribution in [0.2, 0.25) is 0 Å². The normalized spacial score (nSPS) is 13.8. The Kier molecular flexibility index (Phi) is 4.88. The number of fused-ring (bicyclic) bond motifs is 1. The summed E-state index contributed by atoms with van der Waals surface area (Å²) in [6, 6.07) is 5.08. The van der Waals surface area contributed by atoms with E-state index in [1.165, 1.54) is 6.07 Å². The van der Waals surface area contributed by atoms with Gasteiger partial charge in [0.25, 0.3) is 5.91 Å². The fourth-order valence-corrected chi connectivity index (χ4v) is 3.55. The van der Waals surface area contributed by atoms with Crippen LogP contribution in [0.3, 0.4) is 0 Å². The Labute approximate surface area is 154 Å². The summed E-state index contributed by atoms with van der Waals surface area (Å²) in [5.41, 5.74) is 9.22. The Balaban J connectivity index is 1.98.